The van der Waals surface area contributed by atoms with Crippen molar-refractivity contribution >= 4 is 28.6 Å². The number of imidazole rings is 1. The lowest BCUT2D eigenvalue weighted by Gasteiger charge is -2.14. The number of nitrogens with zero attached hydrogens (tertiary/aromatic N) is 3. The summed E-state index contributed by atoms with van der Waals surface area (Å²) in [5.41, 5.74) is 6.60. The molecule has 1 fully saturated rings. The first-order valence-electron chi connectivity index (χ1n) is 5.97. The molecule has 2 aromatic rings. The molecule has 6 nitrogen and oxygen atoms in total. The summed E-state index contributed by atoms with van der Waals surface area (Å²) in [6.07, 6.45) is 7.42. The van der Waals surface area contributed by atoms with Crippen LogP contribution in [0.3, 0.4) is 0 Å². The van der Waals surface area contributed by atoms with Crippen LogP contribution in [0.4, 0.5) is 5.82 Å². The van der Waals surface area contributed by atoms with Gasteiger partial charge in [0.2, 0.25) is 5.28 Å². The fourth-order valence-corrected chi connectivity index (χ4v) is 2.08. The SMILES string of the molecule is Nc1nc(Cl)nc2nc[nH]c12.OC1CCCCC1. The van der Waals surface area contributed by atoms with Gasteiger partial charge in [0.05, 0.1) is 12.4 Å². The first kappa shape index (κ1) is 13.0. The van der Waals surface area contributed by atoms with Crippen LogP contribution >= 0.6 is 11.6 Å². The molecule has 1 saturated carbocycles. The summed E-state index contributed by atoms with van der Waals surface area (Å²) < 4.78 is 0. The van der Waals surface area contributed by atoms with Gasteiger partial charge in [-0.1, -0.05) is 19.3 Å². The molecule has 0 aromatic carbocycles. The van der Waals surface area contributed by atoms with Gasteiger partial charge in [-0.15, -0.1) is 0 Å². The molecule has 0 radical (unpaired) electrons. The van der Waals surface area contributed by atoms with Crippen molar-refractivity contribution < 1.29 is 5.11 Å². The number of anilines is 1. The highest BCUT2D eigenvalue weighted by atomic mass is 35.5. The molecule has 0 bridgehead atoms. The Bertz CT molecular complexity index is 509. The molecule has 0 unspecified atom stereocenters. The lowest BCUT2D eigenvalue weighted by atomic mass is 9.98. The Morgan fingerprint density at radius 3 is 2.61 bits per heavy atom. The summed E-state index contributed by atoms with van der Waals surface area (Å²) in [6.45, 7) is 0. The Labute approximate surface area is 110 Å². The minimum atomic E-state index is 0.0359. The molecule has 4 N–H and O–H groups in total. The molecule has 3 rings (SSSR count). The number of nitrogen functional groups attached to an aromatic ring is 1. The molecule has 0 atom stereocenters. The largest absolute Gasteiger partial charge is 0.393 e. The number of H-pyrrole nitrogens is 1. The van der Waals surface area contributed by atoms with Gasteiger partial charge in [0.15, 0.2) is 11.5 Å². The van der Waals surface area contributed by atoms with Crippen LogP contribution in [-0.4, -0.2) is 31.1 Å². The molecule has 2 aromatic heterocycles. The summed E-state index contributed by atoms with van der Waals surface area (Å²) in [6, 6.07) is 0. The Morgan fingerprint density at radius 1 is 1.28 bits per heavy atom. The number of fused-ring (bicyclic) bond motifs is 1. The van der Waals surface area contributed by atoms with Crippen molar-refractivity contribution in [1.29, 1.82) is 0 Å². The molecule has 0 spiro atoms. The van der Waals surface area contributed by atoms with Crippen molar-refractivity contribution in [3.05, 3.63) is 11.6 Å². The van der Waals surface area contributed by atoms with Crippen molar-refractivity contribution in [3.8, 4) is 0 Å². The minimum Gasteiger partial charge on any atom is -0.393 e. The van der Waals surface area contributed by atoms with Crippen molar-refractivity contribution in [2.24, 2.45) is 0 Å². The normalized spacial score (nSPS) is 16.3. The maximum absolute atomic E-state index is 8.91. The van der Waals surface area contributed by atoms with Gasteiger partial charge in [0, 0.05) is 0 Å². The van der Waals surface area contributed by atoms with Gasteiger partial charge in [0.25, 0.3) is 0 Å². The number of rotatable bonds is 0. The van der Waals surface area contributed by atoms with E-state index in [1.54, 1.807) is 0 Å². The number of hydrogen-bond donors (Lipinski definition) is 3. The molecule has 1 aliphatic carbocycles. The van der Waals surface area contributed by atoms with Crippen molar-refractivity contribution in [2.75, 3.05) is 5.73 Å². The molecule has 0 saturated heterocycles. The summed E-state index contributed by atoms with van der Waals surface area (Å²) >= 11 is 5.52. The average Bonchev–Trinajstić information content (AvgIpc) is 2.79. The number of halogens is 1. The summed E-state index contributed by atoms with van der Waals surface area (Å²) in [4.78, 5) is 14.2. The van der Waals surface area contributed by atoms with E-state index in [4.69, 9.17) is 22.4 Å². The van der Waals surface area contributed by atoms with E-state index in [0.29, 0.717) is 17.0 Å². The van der Waals surface area contributed by atoms with Crippen LogP contribution in [0.5, 0.6) is 0 Å². The second kappa shape index (κ2) is 5.97. The van der Waals surface area contributed by atoms with Crippen LogP contribution in [0.2, 0.25) is 5.28 Å². The van der Waals surface area contributed by atoms with E-state index >= 15 is 0 Å². The van der Waals surface area contributed by atoms with Crippen LogP contribution in [-0.2, 0) is 0 Å². The van der Waals surface area contributed by atoms with Crippen molar-refractivity contribution in [2.45, 2.75) is 38.2 Å². The molecule has 7 heteroatoms. The number of nitrogens with one attached hydrogen (secondary N) is 1. The van der Waals surface area contributed by atoms with E-state index in [-0.39, 0.29) is 11.4 Å². The first-order chi connectivity index (χ1) is 8.66. The highest BCUT2D eigenvalue weighted by molar-refractivity contribution is 6.28. The summed E-state index contributed by atoms with van der Waals surface area (Å²) in [7, 11) is 0. The Hall–Kier alpha value is -1.40. The van der Waals surface area contributed by atoms with Gasteiger partial charge in [-0.3, -0.25) is 0 Å². The smallest absolute Gasteiger partial charge is 0.226 e. The van der Waals surface area contributed by atoms with Crippen LogP contribution in [0.1, 0.15) is 32.1 Å². The second-order valence-corrected chi connectivity index (χ2v) is 4.61. The predicted molar refractivity (Wildman–Crippen MR) is 70.2 cm³/mol. The van der Waals surface area contributed by atoms with Gasteiger partial charge >= 0.3 is 0 Å². The van der Waals surface area contributed by atoms with Crippen LogP contribution in [0.25, 0.3) is 11.2 Å². The van der Waals surface area contributed by atoms with Gasteiger partial charge in [-0.2, -0.15) is 9.97 Å². The Morgan fingerprint density at radius 2 is 2.00 bits per heavy atom. The molecule has 18 heavy (non-hydrogen) atoms. The Kier molecular flexibility index (Phi) is 4.33. The fourth-order valence-electron chi connectivity index (χ4n) is 1.91. The zero-order valence-corrected chi connectivity index (χ0v) is 10.7. The highest BCUT2D eigenvalue weighted by Gasteiger charge is 2.07. The zero-order valence-electron chi connectivity index (χ0n) is 9.93. The maximum atomic E-state index is 8.91. The van der Waals surface area contributed by atoms with E-state index in [9.17, 15) is 0 Å². The third kappa shape index (κ3) is 3.30. The monoisotopic (exact) mass is 269 g/mol. The number of aromatic amines is 1. The van der Waals surface area contributed by atoms with Gasteiger partial charge in [-0.25, -0.2) is 4.98 Å². The van der Waals surface area contributed by atoms with E-state index in [2.05, 4.69) is 19.9 Å². The summed E-state index contributed by atoms with van der Waals surface area (Å²) in [5.74, 6) is 0.317. The quantitative estimate of drug-likeness (QED) is 0.634. The molecule has 2 heterocycles. The molecular formula is C11H16ClN5O. The van der Waals surface area contributed by atoms with E-state index in [1.807, 2.05) is 0 Å². The number of nitrogens with two attached hydrogens (primary N) is 1. The third-order valence-electron chi connectivity index (χ3n) is 2.86. The molecule has 1 aliphatic rings. The van der Waals surface area contributed by atoms with Gasteiger partial charge < -0.3 is 15.8 Å². The molecular weight excluding hydrogens is 254 g/mol. The van der Waals surface area contributed by atoms with Crippen LogP contribution in [0, 0.1) is 0 Å². The lowest BCUT2D eigenvalue weighted by molar-refractivity contribution is 0.130. The average molecular weight is 270 g/mol. The fraction of sp³-hybridized carbons (Fsp3) is 0.545. The molecule has 0 aliphatic heterocycles. The first-order valence-corrected chi connectivity index (χ1v) is 6.35. The molecule has 98 valence electrons. The van der Waals surface area contributed by atoms with Crippen LogP contribution in [0.15, 0.2) is 6.33 Å². The van der Waals surface area contributed by atoms with E-state index in [1.165, 1.54) is 25.6 Å². The Balaban J connectivity index is 0.000000149. The second-order valence-electron chi connectivity index (χ2n) is 4.27. The third-order valence-corrected chi connectivity index (χ3v) is 3.03. The predicted octanol–water partition coefficient (Wildman–Crippen LogP) is 1.90. The van der Waals surface area contributed by atoms with E-state index < -0.39 is 0 Å². The summed E-state index contributed by atoms with van der Waals surface area (Å²) in [5, 5.41) is 9.02. The zero-order chi connectivity index (χ0) is 13.0. The number of hydrogen-bond acceptors (Lipinski definition) is 5. The standard InChI is InChI=1S/C6H12O.C5H4ClN5/c7-6-4-2-1-3-5-6;6-5-10-3(7)2-4(11-5)9-1-8-2/h6-7H,1-5H2;1H,(H3,7,8,9,10,11). The van der Waals surface area contributed by atoms with Crippen LogP contribution < -0.4 is 5.73 Å². The number of aliphatic hydroxyl groups is 1. The maximum Gasteiger partial charge on any atom is 0.226 e. The molecule has 0 amide bonds. The van der Waals surface area contributed by atoms with Crippen molar-refractivity contribution in [3.63, 3.8) is 0 Å². The van der Waals surface area contributed by atoms with Crippen molar-refractivity contribution in [1.82, 2.24) is 19.9 Å². The van der Waals surface area contributed by atoms with Gasteiger partial charge in [0.1, 0.15) is 5.52 Å². The topological polar surface area (TPSA) is 101 Å². The minimum absolute atomic E-state index is 0.0359. The van der Waals surface area contributed by atoms with E-state index in [0.717, 1.165) is 12.8 Å². The number of aromatic nitrogens is 4. The lowest BCUT2D eigenvalue weighted by Crippen LogP contribution is -2.09. The highest BCUT2D eigenvalue weighted by Crippen LogP contribution is 2.16. The van der Waals surface area contributed by atoms with Gasteiger partial charge in [-0.05, 0) is 24.4 Å². The number of aliphatic hydroxyl groups excluding tert-OH is 1.